The number of anilines is 2. The summed E-state index contributed by atoms with van der Waals surface area (Å²) >= 11 is 0. The van der Waals surface area contributed by atoms with Gasteiger partial charge in [-0.1, -0.05) is 12.8 Å². The minimum absolute atomic E-state index is 0.339. The second kappa shape index (κ2) is 9.59. The van der Waals surface area contributed by atoms with E-state index in [1.807, 2.05) is 4.90 Å². The molecule has 0 aliphatic carbocycles. The maximum absolute atomic E-state index is 12.5. The van der Waals surface area contributed by atoms with Gasteiger partial charge in [0.05, 0.1) is 7.11 Å². The van der Waals surface area contributed by atoms with Crippen LogP contribution < -0.4 is 14.5 Å². The van der Waals surface area contributed by atoms with Gasteiger partial charge in [-0.25, -0.2) is 0 Å². The zero-order chi connectivity index (χ0) is 20.1. The van der Waals surface area contributed by atoms with Crippen LogP contribution in [-0.4, -0.2) is 72.1 Å². The highest BCUT2D eigenvalue weighted by Gasteiger charge is 2.27. The molecule has 0 unspecified atom stereocenters. The van der Waals surface area contributed by atoms with Crippen LogP contribution in [0.2, 0.25) is 0 Å². The van der Waals surface area contributed by atoms with Crippen molar-refractivity contribution in [2.75, 3.05) is 56.2 Å². The number of carbonyl (C=O) groups excluding carboxylic acids is 1. The molecule has 3 aliphatic rings. The van der Waals surface area contributed by atoms with Crippen LogP contribution in [0.5, 0.6) is 6.01 Å². The molecule has 1 amide bonds. The number of nitrogens with zero attached hydrogens (tertiary/aromatic N) is 6. The minimum atomic E-state index is 0.339. The summed E-state index contributed by atoms with van der Waals surface area (Å²) in [7, 11) is 1.61. The van der Waals surface area contributed by atoms with Gasteiger partial charge in [-0.3, -0.25) is 4.79 Å². The highest BCUT2D eigenvalue weighted by molar-refractivity contribution is 5.76. The highest BCUT2D eigenvalue weighted by Crippen LogP contribution is 2.27. The van der Waals surface area contributed by atoms with E-state index in [1.165, 1.54) is 25.7 Å². The molecule has 1 aromatic rings. The molecule has 3 saturated heterocycles. The number of methoxy groups -OCH3 is 1. The number of amides is 1. The zero-order valence-electron chi connectivity index (χ0n) is 17.7. The van der Waals surface area contributed by atoms with Gasteiger partial charge in [-0.2, -0.15) is 15.0 Å². The van der Waals surface area contributed by atoms with Crippen molar-refractivity contribution >= 4 is 17.8 Å². The molecule has 0 spiro atoms. The molecule has 0 bridgehead atoms. The number of likely N-dealkylation sites (tertiary alicyclic amines) is 1. The van der Waals surface area contributed by atoms with Crippen molar-refractivity contribution in [3.63, 3.8) is 0 Å². The first-order valence-electron chi connectivity index (χ1n) is 11.3. The van der Waals surface area contributed by atoms with Gasteiger partial charge >= 0.3 is 6.01 Å². The van der Waals surface area contributed by atoms with Crippen molar-refractivity contribution in [1.82, 2.24) is 19.9 Å². The molecular weight excluding hydrogens is 368 g/mol. The van der Waals surface area contributed by atoms with Crippen molar-refractivity contribution in [3.8, 4) is 6.01 Å². The summed E-state index contributed by atoms with van der Waals surface area (Å²) in [6.45, 7) is 5.64. The Morgan fingerprint density at radius 3 is 1.97 bits per heavy atom. The number of hydrogen-bond acceptors (Lipinski definition) is 7. The van der Waals surface area contributed by atoms with Gasteiger partial charge in [-0.15, -0.1) is 0 Å². The molecule has 29 heavy (non-hydrogen) atoms. The third-order valence-electron chi connectivity index (χ3n) is 6.48. The monoisotopic (exact) mass is 402 g/mol. The first kappa shape index (κ1) is 20.2. The Morgan fingerprint density at radius 2 is 1.38 bits per heavy atom. The predicted octanol–water partition coefficient (Wildman–Crippen LogP) is 2.49. The SMILES string of the molecule is COc1nc(N2CCCCCC2)nc(N2CCC(CC(=O)N3CCCC3)CC2)n1. The fourth-order valence-electron chi connectivity index (χ4n) is 4.66. The van der Waals surface area contributed by atoms with Gasteiger partial charge < -0.3 is 19.4 Å². The summed E-state index contributed by atoms with van der Waals surface area (Å²) in [6.07, 6.45) is 9.92. The van der Waals surface area contributed by atoms with Gasteiger partial charge in [-0.05, 0) is 44.4 Å². The molecule has 8 nitrogen and oxygen atoms in total. The third kappa shape index (κ3) is 5.08. The number of hydrogen-bond donors (Lipinski definition) is 0. The van der Waals surface area contributed by atoms with E-state index in [0.29, 0.717) is 30.2 Å². The number of carbonyl (C=O) groups is 1. The van der Waals surface area contributed by atoms with Crippen LogP contribution in [0, 0.1) is 5.92 Å². The molecule has 3 aliphatic heterocycles. The maximum atomic E-state index is 12.5. The molecule has 4 rings (SSSR count). The zero-order valence-corrected chi connectivity index (χ0v) is 17.7. The molecule has 0 radical (unpaired) electrons. The summed E-state index contributed by atoms with van der Waals surface area (Å²) in [5, 5.41) is 0. The van der Waals surface area contributed by atoms with Crippen LogP contribution in [0.4, 0.5) is 11.9 Å². The molecule has 160 valence electrons. The van der Waals surface area contributed by atoms with E-state index in [9.17, 15) is 4.79 Å². The summed E-state index contributed by atoms with van der Waals surface area (Å²) in [6, 6.07) is 0.389. The van der Waals surface area contributed by atoms with E-state index in [-0.39, 0.29) is 0 Å². The first-order chi connectivity index (χ1) is 14.2. The van der Waals surface area contributed by atoms with E-state index in [4.69, 9.17) is 9.72 Å². The first-order valence-corrected chi connectivity index (χ1v) is 11.3. The van der Waals surface area contributed by atoms with Crippen LogP contribution >= 0.6 is 0 Å². The normalized spacial score (nSPS) is 21.3. The van der Waals surface area contributed by atoms with E-state index < -0.39 is 0 Å². The van der Waals surface area contributed by atoms with E-state index in [0.717, 1.165) is 70.9 Å². The molecule has 3 fully saturated rings. The topological polar surface area (TPSA) is 74.7 Å². The van der Waals surface area contributed by atoms with Crippen LogP contribution in [-0.2, 0) is 4.79 Å². The standard InChI is InChI=1S/C21H34N6O2/c1-29-21-23-19(26-12-4-2-3-5-13-26)22-20(24-21)27-14-8-17(9-15-27)16-18(28)25-10-6-7-11-25/h17H,2-16H2,1H3. The highest BCUT2D eigenvalue weighted by atomic mass is 16.5. The van der Waals surface area contributed by atoms with E-state index in [2.05, 4.69) is 19.8 Å². The number of aromatic nitrogens is 3. The fourth-order valence-corrected chi connectivity index (χ4v) is 4.66. The Bertz CT molecular complexity index is 678. The molecule has 0 saturated carbocycles. The molecule has 1 aromatic heterocycles. The average molecular weight is 403 g/mol. The quantitative estimate of drug-likeness (QED) is 0.749. The lowest BCUT2D eigenvalue weighted by Crippen LogP contribution is -2.38. The Hall–Kier alpha value is -2.12. The van der Waals surface area contributed by atoms with Gasteiger partial charge in [0.25, 0.3) is 0 Å². The van der Waals surface area contributed by atoms with Crippen molar-refractivity contribution < 1.29 is 9.53 Å². The second-order valence-electron chi connectivity index (χ2n) is 8.55. The Morgan fingerprint density at radius 1 is 0.828 bits per heavy atom. The summed E-state index contributed by atoms with van der Waals surface area (Å²) in [5.41, 5.74) is 0. The van der Waals surface area contributed by atoms with Crippen molar-refractivity contribution in [2.24, 2.45) is 5.92 Å². The van der Waals surface area contributed by atoms with Gasteiger partial charge in [0.1, 0.15) is 0 Å². The molecule has 0 aromatic carbocycles. The van der Waals surface area contributed by atoms with E-state index in [1.54, 1.807) is 7.11 Å². The molecular formula is C21H34N6O2. The van der Waals surface area contributed by atoms with Gasteiger partial charge in [0.2, 0.25) is 17.8 Å². The van der Waals surface area contributed by atoms with Crippen molar-refractivity contribution in [1.29, 1.82) is 0 Å². The second-order valence-corrected chi connectivity index (χ2v) is 8.55. The summed E-state index contributed by atoms with van der Waals surface area (Å²) < 4.78 is 5.37. The maximum Gasteiger partial charge on any atom is 0.322 e. The van der Waals surface area contributed by atoms with Gasteiger partial charge in [0.15, 0.2) is 0 Å². The lowest BCUT2D eigenvalue weighted by Gasteiger charge is -2.33. The fraction of sp³-hybridized carbons (Fsp3) is 0.810. The Kier molecular flexibility index (Phi) is 6.67. The molecule has 4 heterocycles. The Balaban J connectivity index is 1.38. The number of rotatable bonds is 5. The molecule has 0 N–H and O–H groups in total. The van der Waals surface area contributed by atoms with Crippen molar-refractivity contribution in [2.45, 2.75) is 57.8 Å². The minimum Gasteiger partial charge on any atom is -0.467 e. The van der Waals surface area contributed by atoms with Gasteiger partial charge in [0, 0.05) is 45.7 Å². The molecule has 0 atom stereocenters. The molecule has 8 heteroatoms. The Labute approximate surface area is 173 Å². The summed E-state index contributed by atoms with van der Waals surface area (Å²) in [5.74, 6) is 2.25. The lowest BCUT2D eigenvalue weighted by atomic mass is 9.93. The van der Waals surface area contributed by atoms with Crippen LogP contribution in [0.3, 0.4) is 0 Å². The number of ether oxygens (including phenoxy) is 1. The average Bonchev–Trinajstić information content (AvgIpc) is 3.17. The number of piperidine rings is 1. The van der Waals surface area contributed by atoms with Crippen molar-refractivity contribution in [3.05, 3.63) is 0 Å². The summed E-state index contributed by atoms with van der Waals surface area (Å²) in [4.78, 5) is 32.8. The predicted molar refractivity (Wildman–Crippen MR) is 112 cm³/mol. The lowest BCUT2D eigenvalue weighted by molar-refractivity contribution is -0.131. The smallest absolute Gasteiger partial charge is 0.322 e. The van der Waals surface area contributed by atoms with Crippen LogP contribution in [0.1, 0.15) is 57.8 Å². The largest absolute Gasteiger partial charge is 0.467 e. The van der Waals surface area contributed by atoms with E-state index >= 15 is 0 Å². The van der Waals surface area contributed by atoms with Crippen LogP contribution in [0.15, 0.2) is 0 Å². The third-order valence-corrected chi connectivity index (χ3v) is 6.48. The van der Waals surface area contributed by atoms with Crippen LogP contribution in [0.25, 0.3) is 0 Å².